The quantitative estimate of drug-likeness (QED) is 0.393. The van der Waals surface area contributed by atoms with Crippen LogP contribution >= 0.6 is 30.0 Å². The summed E-state index contributed by atoms with van der Waals surface area (Å²) >= 11 is 0. The normalized spacial score (nSPS) is 8.91. The molecule has 0 aliphatic heterocycles. The van der Waals surface area contributed by atoms with Crippen LogP contribution in [-0.4, -0.2) is 0 Å². The van der Waals surface area contributed by atoms with Crippen LogP contribution in [0.15, 0.2) is 24.3 Å². The van der Waals surface area contributed by atoms with Crippen molar-refractivity contribution in [3.63, 3.8) is 0 Å². The molecule has 4 N–H and O–H groups in total. The van der Waals surface area contributed by atoms with Crippen LogP contribution in [0.25, 0.3) is 9.40 Å². The second-order valence-corrected chi connectivity index (χ2v) is 5.75. The minimum Gasteiger partial charge on any atom is -0.274 e. The van der Waals surface area contributed by atoms with E-state index in [0.29, 0.717) is 0 Å². The molecule has 2 nitrogen and oxygen atoms in total. The van der Waals surface area contributed by atoms with Crippen molar-refractivity contribution >= 4 is 39.4 Å². The van der Waals surface area contributed by atoms with Gasteiger partial charge in [-0.05, 0) is 33.6 Å². The Labute approximate surface area is 75.5 Å². The second-order valence-electron chi connectivity index (χ2n) is 1.71. The van der Waals surface area contributed by atoms with Gasteiger partial charge in [0.05, 0.1) is 0 Å². The average Bonchev–Trinajstić information content (AvgIpc) is 2.43. The fourth-order valence-corrected chi connectivity index (χ4v) is 4.29. The van der Waals surface area contributed by atoms with Gasteiger partial charge in [0.15, 0.2) is 0 Å². The highest BCUT2D eigenvalue weighted by atomic mass is 33.2. The molecule has 0 fully saturated rings. The Kier molecular flexibility index (Phi) is 3.74. The molecule has 0 aliphatic carbocycles. The third-order valence-electron chi connectivity index (χ3n) is 1.08. The molecular weight excluding hydrogens is 196 g/mol. The van der Waals surface area contributed by atoms with Gasteiger partial charge in [-0.15, -0.1) is 0 Å². The number of hydrazine groups is 1. The van der Waals surface area contributed by atoms with Crippen molar-refractivity contribution in [2.45, 2.75) is 0 Å². The van der Waals surface area contributed by atoms with Gasteiger partial charge in [0, 0.05) is 9.40 Å². The smallest absolute Gasteiger partial charge is 0.0385 e. The summed E-state index contributed by atoms with van der Waals surface area (Å²) in [5.74, 6) is 8.00. The van der Waals surface area contributed by atoms with Gasteiger partial charge < -0.3 is 0 Å². The van der Waals surface area contributed by atoms with Crippen LogP contribution in [0.2, 0.25) is 0 Å². The van der Waals surface area contributed by atoms with Crippen molar-refractivity contribution in [2.24, 2.45) is 11.7 Å². The first kappa shape index (κ1) is 8.89. The van der Waals surface area contributed by atoms with Crippen molar-refractivity contribution in [3.05, 3.63) is 24.3 Å². The summed E-state index contributed by atoms with van der Waals surface area (Å²) < 4.78 is 2.71. The van der Waals surface area contributed by atoms with E-state index in [4.69, 9.17) is 0 Å². The van der Waals surface area contributed by atoms with E-state index in [2.05, 4.69) is 36.0 Å². The number of hydrogen-bond acceptors (Lipinski definition) is 5. The highest BCUT2D eigenvalue weighted by molar-refractivity contribution is 7.95. The van der Waals surface area contributed by atoms with Crippen LogP contribution in [-0.2, 0) is 0 Å². The molecule has 3 aromatic rings. The van der Waals surface area contributed by atoms with E-state index in [1.807, 2.05) is 30.0 Å². The van der Waals surface area contributed by atoms with Crippen molar-refractivity contribution in [1.82, 2.24) is 0 Å². The lowest BCUT2D eigenvalue weighted by Crippen LogP contribution is -2.02. The summed E-state index contributed by atoms with van der Waals surface area (Å²) in [5, 5.41) is 0. The Morgan fingerprint density at radius 1 is 0.818 bits per heavy atom. The zero-order valence-electron chi connectivity index (χ0n) is 5.69. The fourth-order valence-electron chi connectivity index (χ4n) is 0.646. The van der Waals surface area contributed by atoms with Gasteiger partial charge in [-0.25, -0.2) is 0 Å². The maximum atomic E-state index is 4.00. The van der Waals surface area contributed by atoms with Crippen molar-refractivity contribution in [1.29, 1.82) is 0 Å². The third kappa shape index (κ3) is 2.39. The van der Waals surface area contributed by atoms with Crippen molar-refractivity contribution in [2.75, 3.05) is 0 Å². The van der Waals surface area contributed by atoms with E-state index in [0.717, 1.165) is 0 Å². The topological polar surface area (TPSA) is 52.0 Å². The number of benzene rings is 1. The molecule has 1 aromatic carbocycles. The molecule has 0 radical (unpaired) electrons. The van der Waals surface area contributed by atoms with Crippen LogP contribution < -0.4 is 11.7 Å². The van der Waals surface area contributed by atoms with E-state index < -0.39 is 0 Å². The predicted octanol–water partition coefficient (Wildman–Crippen LogP) is 2.41. The molecular formula is C6H8N2S3. The summed E-state index contributed by atoms with van der Waals surface area (Å²) in [5.41, 5.74) is 0. The zero-order valence-corrected chi connectivity index (χ0v) is 8.14. The number of fused-ring (bicyclic) bond motifs is 4. The standard InChI is InChI=1S/C6H4S3.H4N2/c1-2-6-4-3-5(1)7-9-8-6;1-2/h1-4H;1-2H2. The lowest BCUT2D eigenvalue weighted by Gasteiger charge is -1.79. The molecule has 0 atom stereocenters. The molecule has 2 aromatic heterocycles. The zero-order chi connectivity index (χ0) is 8.10. The minimum atomic E-state index is 1.36. The van der Waals surface area contributed by atoms with Gasteiger partial charge in [0.1, 0.15) is 0 Å². The molecule has 0 aliphatic rings. The molecule has 5 heteroatoms. The number of nitrogens with two attached hydrogens (primary N) is 2. The van der Waals surface area contributed by atoms with E-state index in [9.17, 15) is 0 Å². The van der Waals surface area contributed by atoms with Gasteiger partial charge in [0.2, 0.25) is 0 Å². The SMILES string of the molecule is NN.c1cc2ccc1sss2. The molecule has 0 saturated heterocycles. The molecule has 2 heterocycles. The summed E-state index contributed by atoms with van der Waals surface area (Å²) in [6.45, 7) is 0. The highest BCUT2D eigenvalue weighted by Gasteiger charge is 1.85. The fraction of sp³-hybridized carbons (Fsp3) is 0. The second kappa shape index (κ2) is 4.63. The molecule has 0 saturated carbocycles. The van der Waals surface area contributed by atoms with Gasteiger partial charge in [0.25, 0.3) is 0 Å². The van der Waals surface area contributed by atoms with Crippen LogP contribution in [0.4, 0.5) is 0 Å². The predicted molar refractivity (Wildman–Crippen MR) is 54.8 cm³/mol. The Balaban J connectivity index is 0.000000281. The van der Waals surface area contributed by atoms with Gasteiger partial charge in [-0.2, -0.15) is 0 Å². The molecule has 2 bridgehead atoms. The monoisotopic (exact) mass is 204 g/mol. The maximum Gasteiger partial charge on any atom is 0.0385 e. The van der Waals surface area contributed by atoms with E-state index in [1.54, 1.807) is 0 Å². The third-order valence-corrected chi connectivity index (χ3v) is 4.94. The summed E-state index contributed by atoms with van der Waals surface area (Å²) in [6, 6.07) is 8.64. The van der Waals surface area contributed by atoms with E-state index >= 15 is 0 Å². The molecule has 3 rings (SSSR count). The van der Waals surface area contributed by atoms with Crippen molar-refractivity contribution < 1.29 is 0 Å². The molecule has 60 valence electrons. The van der Waals surface area contributed by atoms with Crippen LogP contribution in [0.1, 0.15) is 0 Å². The lowest BCUT2D eigenvalue weighted by atomic mass is 10.4. The highest BCUT2D eigenvalue weighted by Crippen LogP contribution is 2.23. The maximum absolute atomic E-state index is 4.00. The Bertz CT molecular complexity index is 255. The Morgan fingerprint density at radius 2 is 1.18 bits per heavy atom. The first-order valence-corrected chi connectivity index (χ1v) is 6.38. The van der Waals surface area contributed by atoms with E-state index in [1.165, 1.54) is 9.40 Å². The first-order chi connectivity index (χ1) is 5.45. The van der Waals surface area contributed by atoms with Crippen LogP contribution in [0, 0.1) is 0 Å². The molecule has 0 amide bonds. The number of hydrogen-bond donors (Lipinski definition) is 2. The Morgan fingerprint density at radius 3 is 1.55 bits per heavy atom. The van der Waals surface area contributed by atoms with Gasteiger partial charge in [-0.3, -0.25) is 11.7 Å². The largest absolute Gasteiger partial charge is 0.274 e. The average molecular weight is 204 g/mol. The summed E-state index contributed by atoms with van der Waals surface area (Å²) in [7, 11) is 5.48. The molecule has 11 heavy (non-hydrogen) atoms. The Hall–Kier alpha value is -0.200. The molecule has 0 unspecified atom stereocenters. The molecule has 0 spiro atoms. The van der Waals surface area contributed by atoms with Gasteiger partial charge in [-0.1, -0.05) is 20.7 Å². The van der Waals surface area contributed by atoms with Crippen LogP contribution in [0.5, 0.6) is 0 Å². The lowest BCUT2D eigenvalue weighted by molar-refractivity contribution is 1.26. The summed E-state index contributed by atoms with van der Waals surface area (Å²) in [6.07, 6.45) is 0. The number of rotatable bonds is 0. The first-order valence-electron chi connectivity index (χ1n) is 2.90. The summed E-state index contributed by atoms with van der Waals surface area (Å²) in [4.78, 5) is 0. The van der Waals surface area contributed by atoms with Crippen LogP contribution in [0.3, 0.4) is 0 Å². The van der Waals surface area contributed by atoms with Crippen molar-refractivity contribution in [3.8, 4) is 0 Å². The van der Waals surface area contributed by atoms with Gasteiger partial charge >= 0.3 is 0 Å². The van der Waals surface area contributed by atoms with E-state index in [-0.39, 0.29) is 0 Å². The minimum absolute atomic E-state index is 1.36.